The Balaban J connectivity index is 1.79. The van der Waals surface area contributed by atoms with Crippen LogP contribution in [0.5, 0.6) is 0 Å². The van der Waals surface area contributed by atoms with Gasteiger partial charge in [0.1, 0.15) is 0 Å². The molecule has 5 nitrogen and oxygen atoms in total. The highest BCUT2D eigenvalue weighted by molar-refractivity contribution is 4.91. The average molecular weight is 251 g/mol. The lowest BCUT2D eigenvalue weighted by Crippen LogP contribution is -2.35. The van der Waals surface area contributed by atoms with Crippen LogP contribution in [0.4, 0.5) is 0 Å². The van der Waals surface area contributed by atoms with E-state index >= 15 is 0 Å². The van der Waals surface area contributed by atoms with Crippen molar-refractivity contribution in [1.82, 2.24) is 25.2 Å². The maximum absolute atomic E-state index is 4.16. The van der Waals surface area contributed by atoms with Crippen molar-refractivity contribution in [1.29, 1.82) is 0 Å². The minimum absolute atomic E-state index is 0.617. The van der Waals surface area contributed by atoms with E-state index in [1.807, 2.05) is 17.9 Å². The summed E-state index contributed by atoms with van der Waals surface area (Å²) in [5.74, 6) is 0.947. The fourth-order valence-electron chi connectivity index (χ4n) is 2.13. The lowest BCUT2D eigenvalue weighted by Gasteiger charge is -2.26. The van der Waals surface area contributed by atoms with Crippen LogP contribution in [0.2, 0.25) is 0 Å². The van der Waals surface area contributed by atoms with Crippen molar-refractivity contribution < 1.29 is 0 Å². The molecule has 0 spiro atoms. The summed E-state index contributed by atoms with van der Waals surface area (Å²) in [6.07, 6.45) is 4.86. The fourth-order valence-corrected chi connectivity index (χ4v) is 2.13. The Morgan fingerprint density at radius 1 is 1.50 bits per heavy atom. The van der Waals surface area contributed by atoms with Gasteiger partial charge in [-0.3, -0.25) is 9.58 Å². The van der Waals surface area contributed by atoms with Gasteiger partial charge >= 0.3 is 0 Å². The third kappa shape index (κ3) is 4.07. The number of nitrogens with one attached hydrogen (secondary N) is 1. The molecule has 102 valence electrons. The SMILES string of the molecule is CNCc1cn(CCN(CC2CC2)C(C)C)nn1. The number of rotatable bonds is 8. The zero-order valence-electron chi connectivity index (χ0n) is 11.8. The van der Waals surface area contributed by atoms with Crippen LogP contribution in [0.1, 0.15) is 32.4 Å². The minimum atomic E-state index is 0.617. The molecule has 1 N–H and O–H groups in total. The molecule has 0 saturated heterocycles. The first-order valence-corrected chi connectivity index (χ1v) is 6.96. The lowest BCUT2D eigenvalue weighted by atomic mass is 10.2. The molecule has 2 rings (SSSR count). The summed E-state index contributed by atoms with van der Waals surface area (Å²) < 4.78 is 1.95. The summed E-state index contributed by atoms with van der Waals surface area (Å²) in [5, 5.41) is 11.4. The van der Waals surface area contributed by atoms with E-state index in [1.165, 1.54) is 19.4 Å². The van der Waals surface area contributed by atoms with Crippen LogP contribution >= 0.6 is 0 Å². The van der Waals surface area contributed by atoms with Gasteiger partial charge in [-0.05, 0) is 39.7 Å². The van der Waals surface area contributed by atoms with E-state index in [0.29, 0.717) is 6.04 Å². The number of hydrogen-bond donors (Lipinski definition) is 1. The van der Waals surface area contributed by atoms with E-state index in [1.54, 1.807) is 0 Å². The van der Waals surface area contributed by atoms with E-state index in [9.17, 15) is 0 Å². The second-order valence-corrected chi connectivity index (χ2v) is 5.54. The van der Waals surface area contributed by atoms with Crippen LogP contribution in [0, 0.1) is 5.92 Å². The average Bonchev–Trinajstić information content (AvgIpc) is 3.04. The maximum atomic E-state index is 4.16. The van der Waals surface area contributed by atoms with Gasteiger partial charge in [0.05, 0.1) is 12.2 Å². The van der Waals surface area contributed by atoms with Crippen LogP contribution in [0.15, 0.2) is 6.20 Å². The first-order chi connectivity index (χ1) is 8.69. The highest BCUT2D eigenvalue weighted by atomic mass is 15.4. The van der Waals surface area contributed by atoms with E-state index in [4.69, 9.17) is 0 Å². The van der Waals surface area contributed by atoms with E-state index < -0.39 is 0 Å². The molecule has 0 radical (unpaired) electrons. The smallest absolute Gasteiger partial charge is 0.0964 e. The van der Waals surface area contributed by atoms with Crippen molar-refractivity contribution in [3.63, 3.8) is 0 Å². The van der Waals surface area contributed by atoms with Gasteiger partial charge in [-0.2, -0.15) is 0 Å². The van der Waals surface area contributed by atoms with Gasteiger partial charge in [-0.25, -0.2) is 0 Å². The molecule has 18 heavy (non-hydrogen) atoms. The number of aromatic nitrogens is 3. The molecule has 0 atom stereocenters. The van der Waals surface area contributed by atoms with Gasteiger partial charge in [0.2, 0.25) is 0 Å². The van der Waals surface area contributed by atoms with E-state index in [0.717, 1.165) is 31.2 Å². The van der Waals surface area contributed by atoms with Gasteiger partial charge in [-0.1, -0.05) is 5.21 Å². The quantitative estimate of drug-likeness (QED) is 0.752. The highest BCUT2D eigenvalue weighted by Crippen LogP contribution is 2.30. The third-order valence-corrected chi connectivity index (χ3v) is 3.48. The molecule has 1 heterocycles. The summed E-state index contributed by atoms with van der Waals surface area (Å²) in [6, 6.07) is 0.617. The first kappa shape index (κ1) is 13.5. The zero-order chi connectivity index (χ0) is 13.0. The Morgan fingerprint density at radius 2 is 2.28 bits per heavy atom. The molecule has 1 aromatic rings. The molecule has 0 aliphatic heterocycles. The molecule has 0 unspecified atom stereocenters. The first-order valence-electron chi connectivity index (χ1n) is 6.96. The van der Waals surface area contributed by atoms with Crippen molar-refractivity contribution >= 4 is 0 Å². The molecule has 0 bridgehead atoms. The molecule has 1 saturated carbocycles. The summed E-state index contributed by atoms with van der Waals surface area (Å²) in [4.78, 5) is 2.55. The zero-order valence-corrected chi connectivity index (χ0v) is 11.8. The van der Waals surface area contributed by atoms with Crippen molar-refractivity contribution in [2.45, 2.75) is 45.8 Å². The normalized spacial score (nSPS) is 15.8. The van der Waals surface area contributed by atoms with Crippen LogP contribution in [0.25, 0.3) is 0 Å². The monoisotopic (exact) mass is 251 g/mol. The lowest BCUT2D eigenvalue weighted by molar-refractivity contribution is 0.201. The van der Waals surface area contributed by atoms with Gasteiger partial charge in [-0.15, -0.1) is 5.10 Å². The fraction of sp³-hybridized carbons (Fsp3) is 0.846. The predicted octanol–water partition coefficient (Wildman–Crippen LogP) is 1.12. The molecular formula is C13H25N5. The molecule has 0 aromatic carbocycles. The number of nitrogens with zero attached hydrogens (tertiary/aromatic N) is 4. The highest BCUT2D eigenvalue weighted by Gasteiger charge is 2.25. The van der Waals surface area contributed by atoms with Crippen LogP contribution < -0.4 is 5.32 Å². The predicted molar refractivity (Wildman–Crippen MR) is 72.2 cm³/mol. The van der Waals surface area contributed by atoms with Crippen molar-refractivity contribution in [2.75, 3.05) is 20.1 Å². The molecule has 1 aliphatic rings. The minimum Gasteiger partial charge on any atom is -0.314 e. The molecule has 0 amide bonds. The topological polar surface area (TPSA) is 46.0 Å². The largest absolute Gasteiger partial charge is 0.314 e. The Kier molecular flexibility index (Phi) is 4.72. The van der Waals surface area contributed by atoms with Gasteiger partial charge < -0.3 is 5.32 Å². The summed E-state index contributed by atoms with van der Waals surface area (Å²) in [5.41, 5.74) is 1.01. The third-order valence-electron chi connectivity index (χ3n) is 3.48. The molecular weight excluding hydrogens is 226 g/mol. The van der Waals surface area contributed by atoms with Crippen molar-refractivity contribution in [3.8, 4) is 0 Å². The van der Waals surface area contributed by atoms with E-state index in [-0.39, 0.29) is 0 Å². The summed E-state index contributed by atoms with van der Waals surface area (Å²) >= 11 is 0. The second kappa shape index (κ2) is 6.29. The van der Waals surface area contributed by atoms with Gasteiger partial charge in [0.15, 0.2) is 0 Å². The van der Waals surface area contributed by atoms with Crippen LogP contribution in [-0.2, 0) is 13.1 Å². The molecule has 1 fully saturated rings. The van der Waals surface area contributed by atoms with Gasteiger partial charge in [0, 0.05) is 31.9 Å². The Hall–Kier alpha value is -0.940. The van der Waals surface area contributed by atoms with Crippen LogP contribution in [-0.4, -0.2) is 46.1 Å². The van der Waals surface area contributed by atoms with Crippen molar-refractivity contribution in [2.24, 2.45) is 5.92 Å². The van der Waals surface area contributed by atoms with Crippen LogP contribution in [0.3, 0.4) is 0 Å². The Morgan fingerprint density at radius 3 is 2.89 bits per heavy atom. The molecule has 1 aromatic heterocycles. The molecule has 1 aliphatic carbocycles. The number of hydrogen-bond acceptors (Lipinski definition) is 4. The van der Waals surface area contributed by atoms with Gasteiger partial charge in [0.25, 0.3) is 0 Å². The Bertz CT molecular complexity index is 356. The maximum Gasteiger partial charge on any atom is 0.0964 e. The standard InChI is InChI=1S/C13H25N5/c1-11(2)17(9-12-4-5-12)6-7-18-10-13(8-14-3)15-16-18/h10-12,14H,4-9H2,1-3H3. The van der Waals surface area contributed by atoms with Crippen molar-refractivity contribution in [3.05, 3.63) is 11.9 Å². The second-order valence-electron chi connectivity index (χ2n) is 5.54. The summed E-state index contributed by atoms with van der Waals surface area (Å²) in [7, 11) is 1.93. The Labute approximate surface area is 110 Å². The summed E-state index contributed by atoms with van der Waals surface area (Å²) in [6.45, 7) is 8.58. The van der Waals surface area contributed by atoms with E-state index in [2.05, 4.69) is 34.4 Å². The molecule has 5 heteroatoms.